The summed E-state index contributed by atoms with van der Waals surface area (Å²) >= 11 is 0. The first-order valence-electron chi connectivity index (χ1n) is 4.64. The van der Waals surface area contributed by atoms with E-state index in [0.717, 1.165) is 17.8 Å². The highest BCUT2D eigenvalue weighted by molar-refractivity contribution is 5.09. The Morgan fingerprint density at radius 3 is 2.85 bits per heavy atom. The van der Waals surface area contributed by atoms with E-state index in [9.17, 15) is 0 Å². The van der Waals surface area contributed by atoms with Gasteiger partial charge >= 0.3 is 0 Å². The normalized spacial score (nSPS) is 10.7. The molecule has 0 aliphatic heterocycles. The molecular weight excluding hydrogens is 166 g/mol. The van der Waals surface area contributed by atoms with Crippen molar-refractivity contribution in [2.75, 3.05) is 6.61 Å². The first kappa shape index (κ1) is 10.2. The first-order chi connectivity index (χ1) is 6.27. The van der Waals surface area contributed by atoms with Crippen molar-refractivity contribution in [2.45, 2.75) is 26.8 Å². The SMILES string of the molecule is CCONCc1cc(CC)nn1C. The van der Waals surface area contributed by atoms with Crippen molar-refractivity contribution in [3.05, 3.63) is 17.5 Å². The van der Waals surface area contributed by atoms with Gasteiger partial charge < -0.3 is 4.84 Å². The second-order valence-electron chi connectivity index (χ2n) is 2.86. The second-order valence-corrected chi connectivity index (χ2v) is 2.86. The van der Waals surface area contributed by atoms with Crippen LogP contribution in [0.4, 0.5) is 0 Å². The van der Waals surface area contributed by atoms with Crippen LogP contribution < -0.4 is 5.48 Å². The summed E-state index contributed by atoms with van der Waals surface area (Å²) < 4.78 is 1.88. The van der Waals surface area contributed by atoms with Crippen LogP contribution >= 0.6 is 0 Å². The molecule has 1 aromatic rings. The van der Waals surface area contributed by atoms with Crippen molar-refractivity contribution in [2.24, 2.45) is 7.05 Å². The Hall–Kier alpha value is -0.870. The molecule has 0 amide bonds. The van der Waals surface area contributed by atoms with Gasteiger partial charge in [-0.15, -0.1) is 0 Å². The predicted octanol–water partition coefficient (Wildman–Crippen LogP) is 1.02. The van der Waals surface area contributed by atoms with Gasteiger partial charge in [0, 0.05) is 7.05 Å². The Labute approximate surface area is 78.8 Å². The summed E-state index contributed by atoms with van der Waals surface area (Å²) in [4.78, 5) is 5.04. The molecule has 0 radical (unpaired) electrons. The van der Waals surface area contributed by atoms with E-state index < -0.39 is 0 Å². The smallest absolute Gasteiger partial charge is 0.0654 e. The van der Waals surface area contributed by atoms with E-state index in [2.05, 4.69) is 23.6 Å². The Morgan fingerprint density at radius 2 is 2.31 bits per heavy atom. The molecule has 0 saturated carbocycles. The van der Waals surface area contributed by atoms with Crippen LogP contribution in [0.5, 0.6) is 0 Å². The van der Waals surface area contributed by atoms with Gasteiger partial charge in [-0.2, -0.15) is 10.6 Å². The van der Waals surface area contributed by atoms with Gasteiger partial charge in [0.25, 0.3) is 0 Å². The van der Waals surface area contributed by atoms with E-state index in [1.54, 1.807) is 0 Å². The molecule has 0 unspecified atom stereocenters. The highest BCUT2D eigenvalue weighted by Crippen LogP contribution is 2.02. The summed E-state index contributed by atoms with van der Waals surface area (Å²) in [6.07, 6.45) is 0.975. The molecule has 0 bridgehead atoms. The maximum Gasteiger partial charge on any atom is 0.0654 e. The van der Waals surface area contributed by atoms with Gasteiger partial charge in [-0.1, -0.05) is 6.92 Å². The molecule has 1 N–H and O–H groups in total. The summed E-state index contributed by atoms with van der Waals surface area (Å²) in [6, 6.07) is 2.09. The van der Waals surface area contributed by atoms with Crippen LogP contribution in [0.1, 0.15) is 25.2 Å². The van der Waals surface area contributed by atoms with Crippen LogP contribution in [-0.2, 0) is 24.9 Å². The third-order valence-electron chi connectivity index (χ3n) is 1.89. The van der Waals surface area contributed by atoms with Gasteiger partial charge in [0.2, 0.25) is 0 Å². The van der Waals surface area contributed by atoms with E-state index in [1.807, 2.05) is 18.7 Å². The number of aromatic nitrogens is 2. The first-order valence-corrected chi connectivity index (χ1v) is 4.64. The standard InChI is InChI=1S/C9H17N3O/c1-4-8-6-9(12(3)11-8)7-10-13-5-2/h6,10H,4-5,7H2,1-3H3. The van der Waals surface area contributed by atoms with Crippen LogP contribution in [0, 0.1) is 0 Å². The molecule has 0 fully saturated rings. The number of hydroxylamine groups is 1. The van der Waals surface area contributed by atoms with Crippen molar-refractivity contribution < 1.29 is 4.84 Å². The molecule has 0 spiro atoms. The van der Waals surface area contributed by atoms with Gasteiger partial charge in [0.1, 0.15) is 0 Å². The van der Waals surface area contributed by atoms with Crippen LogP contribution in [-0.4, -0.2) is 16.4 Å². The summed E-state index contributed by atoms with van der Waals surface area (Å²) in [5.41, 5.74) is 5.13. The van der Waals surface area contributed by atoms with Crippen LogP contribution in [0.15, 0.2) is 6.07 Å². The number of hydrogen-bond donors (Lipinski definition) is 1. The van der Waals surface area contributed by atoms with E-state index in [-0.39, 0.29) is 0 Å². The molecule has 0 aliphatic rings. The Kier molecular flexibility index (Phi) is 3.92. The zero-order valence-electron chi connectivity index (χ0n) is 8.50. The fraction of sp³-hybridized carbons (Fsp3) is 0.667. The molecule has 1 rings (SSSR count). The maximum atomic E-state index is 5.04. The average Bonchev–Trinajstić information content (AvgIpc) is 2.48. The minimum absolute atomic E-state index is 0.679. The van der Waals surface area contributed by atoms with Crippen molar-refractivity contribution in [3.8, 4) is 0 Å². The molecule has 74 valence electrons. The molecule has 0 saturated heterocycles. The lowest BCUT2D eigenvalue weighted by atomic mass is 10.3. The third kappa shape index (κ3) is 2.82. The van der Waals surface area contributed by atoms with Gasteiger partial charge in [0.05, 0.1) is 24.5 Å². The Balaban J connectivity index is 2.50. The molecule has 0 aromatic carbocycles. The van der Waals surface area contributed by atoms with Gasteiger partial charge in [-0.3, -0.25) is 4.68 Å². The van der Waals surface area contributed by atoms with Crippen molar-refractivity contribution in [1.82, 2.24) is 15.3 Å². The van der Waals surface area contributed by atoms with E-state index in [0.29, 0.717) is 13.2 Å². The second kappa shape index (κ2) is 4.99. The lowest BCUT2D eigenvalue weighted by Crippen LogP contribution is -2.15. The van der Waals surface area contributed by atoms with Gasteiger partial charge in [-0.25, -0.2) is 0 Å². The highest BCUT2D eigenvalue weighted by Gasteiger charge is 2.02. The van der Waals surface area contributed by atoms with E-state index in [1.165, 1.54) is 0 Å². The molecule has 0 aliphatic carbocycles. The fourth-order valence-electron chi connectivity index (χ4n) is 1.14. The Bertz CT molecular complexity index is 257. The topological polar surface area (TPSA) is 39.1 Å². The molecule has 1 heterocycles. The zero-order chi connectivity index (χ0) is 9.68. The molecule has 0 atom stereocenters. The maximum absolute atomic E-state index is 5.04. The lowest BCUT2D eigenvalue weighted by molar-refractivity contribution is 0.0449. The van der Waals surface area contributed by atoms with Crippen molar-refractivity contribution in [3.63, 3.8) is 0 Å². The Morgan fingerprint density at radius 1 is 1.54 bits per heavy atom. The molecule has 1 aromatic heterocycles. The number of nitrogens with zero attached hydrogens (tertiary/aromatic N) is 2. The summed E-state index contributed by atoms with van der Waals surface area (Å²) in [5.74, 6) is 0. The van der Waals surface area contributed by atoms with E-state index in [4.69, 9.17) is 4.84 Å². The number of nitrogens with one attached hydrogen (secondary N) is 1. The van der Waals surface area contributed by atoms with Gasteiger partial charge in [-0.05, 0) is 19.4 Å². The van der Waals surface area contributed by atoms with Crippen LogP contribution in [0.25, 0.3) is 0 Å². The minimum atomic E-state index is 0.679. The third-order valence-corrected chi connectivity index (χ3v) is 1.89. The quantitative estimate of drug-likeness (QED) is 0.547. The molecule has 4 heteroatoms. The fourth-order valence-corrected chi connectivity index (χ4v) is 1.14. The van der Waals surface area contributed by atoms with Crippen LogP contribution in [0.3, 0.4) is 0 Å². The predicted molar refractivity (Wildman–Crippen MR) is 51.1 cm³/mol. The highest BCUT2D eigenvalue weighted by atomic mass is 16.6. The monoisotopic (exact) mass is 183 g/mol. The summed E-state index contributed by atoms with van der Waals surface area (Å²) in [7, 11) is 1.95. The van der Waals surface area contributed by atoms with Crippen LogP contribution in [0.2, 0.25) is 0 Å². The van der Waals surface area contributed by atoms with E-state index >= 15 is 0 Å². The number of hydrogen-bond acceptors (Lipinski definition) is 3. The number of rotatable bonds is 5. The van der Waals surface area contributed by atoms with Crippen molar-refractivity contribution in [1.29, 1.82) is 0 Å². The zero-order valence-corrected chi connectivity index (χ0v) is 8.50. The van der Waals surface area contributed by atoms with Gasteiger partial charge in [0.15, 0.2) is 0 Å². The lowest BCUT2D eigenvalue weighted by Gasteiger charge is -2.02. The summed E-state index contributed by atoms with van der Waals surface area (Å²) in [6.45, 7) is 5.44. The van der Waals surface area contributed by atoms with Crippen molar-refractivity contribution >= 4 is 0 Å². The largest absolute Gasteiger partial charge is 0.302 e. The molecular formula is C9H17N3O. The minimum Gasteiger partial charge on any atom is -0.302 e. The average molecular weight is 183 g/mol. The molecule has 13 heavy (non-hydrogen) atoms. The summed E-state index contributed by atoms with van der Waals surface area (Å²) in [5, 5.41) is 4.33. The molecule has 4 nitrogen and oxygen atoms in total. The number of aryl methyl sites for hydroxylation is 2.